The second kappa shape index (κ2) is 6.25. The van der Waals surface area contributed by atoms with Gasteiger partial charge in [0, 0.05) is 20.0 Å². The molecule has 0 aliphatic rings. The van der Waals surface area contributed by atoms with Gasteiger partial charge in [-0.25, -0.2) is 0 Å². The zero-order valence-electron chi connectivity index (χ0n) is 8.77. The molecule has 1 heterocycles. The fraction of sp³-hybridized carbons (Fsp3) is 0.167. The first kappa shape index (κ1) is 13.4. The molecule has 0 saturated carbocycles. The van der Waals surface area contributed by atoms with E-state index in [2.05, 4.69) is 15.9 Å². The summed E-state index contributed by atoms with van der Waals surface area (Å²) in [6.07, 6.45) is -0.468. The van der Waals surface area contributed by atoms with Crippen molar-refractivity contribution in [3.05, 3.63) is 50.1 Å². The molecule has 5 heteroatoms. The first-order chi connectivity index (χ1) is 8.16. The summed E-state index contributed by atoms with van der Waals surface area (Å²) in [6, 6.07) is 11.7. The molecule has 1 nitrogen and oxygen atoms in total. The summed E-state index contributed by atoms with van der Waals surface area (Å²) < 4.78 is 1.77. The zero-order chi connectivity index (χ0) is 12.3. The van der Waals surface area contributed by atoms with E-state index in [1.165, 1.54) is 11.3 Å². The molecule has 0 fully saturated rings. The maximum atomic E-state index is 10.0. The summed E-state index contributed by atoms with van der Waals surface area (Å²) in [6.45, 7) is 0. The van der Waals surface area contributed by atoms with Gasteiger partial charge in [0.25, 0.3) is 0 Å². The fourth-order valence-corrected chi connectivity index (χ4v) is 4.00. The molecule has 0 amide bonds. The van der Waals surface area contributed by atoms with Gasteiger partial charge >= 0.3 is 0 Å². The number of aliphatic hydroxyl groups excluding tert-OH is 1. The molecule has 1 atom stereocenters. The highest BCUT2D eigenvalue weighted by molar-refractivity contribution is 9.10. The van der Waals surface area contributed by atoms with Crippen molar-refractivity contribution in [1.29, 1.82) is 0 Å². The number of hydrogen-bond donors (Lipinski definition) is 1. The van der Waals surface area contributed by atoms with E-state index in [-0.39, 0.29) is 0 Å². The molecule has 1 N–H and O–H groups in total. The summed E-state index contributed by atoms with van der Waals surface area (Å²) in [7, 11) is 0. The highest BCUT2D eigenvalue weighted by atomic mass is 79.9. The number of aliphatic hydroxyl groups is 1. The van der Waals surface area contributed by atoms with E-state index in [9.17, 15) is 5.11 Å². The molecular formula is C12H10BrClOS2. The van der Waals surface area contributed by atoms with Crippen LogP contribution in [0.5, 0.6) is 0 Å². The molecule has 0 bridgehead atoms. The van der Waals surface area contributed by atoms with Crippen molar-refractivity contribution in [3.63, 3.8) is 0 Å². The van der Waals surface area contributed by atoms with E-state index in [0.29, 0.717) is 10.1 Å². The largest absolute Gasteiger partial charge is 0.387 e. The summed E-state index contributed by atoms with van der Waals surface area (Å²) in [5.41, 5.74) is 0. The van der Waals surface area contributed by atoms with Crippen LogP contribution in [0, 0.1) is 0 Å². The highest BCUT2D eigenvalue weighted by Crippen LogP contribution is 2.33. The minimum atomic E-state index is -0.468. The van der Waals surface area contributed by atoms with Gasteiger partial charge in [0.15, 0.2) is 0 Å². The molecule has 2 rings (SSSR count). The second-order valence-corrected chi connectivity index (χ2v) is 7.06. The van der Waals surface area contributed by atoms with Crippen molar-refractivity contribution in [2.75, 3.05) is 5.75 Å². The highest BCUT2D eigenvalue weighted by Gasteiger charge is 2.11. The van der Waals surface area contributed by atoms with Crippen LogP contribution >= 0.6 is 50.6 Å². The molecule has 1 aromatic carbocycles. The lowest BCUT2D eigenvalue weighted by molar-refractivity contribution is 0.208. The molecule has 1 unspecified atom stereocenters. The van der Waals surface area contributed by atoms with Gasteiger partial charge in [-0.1, -0.05) is 23.7 Å². The number of thioether (sulfide) groups is 1. The Kier molecular flexibility index (Phi) is 4.94. The summed E-state index contributed by atoms with van der Waals surface area (Å²) in [5, 5.41) is 10.0. The average Bonchev–Trinajstić information content (AvgIpc) is 2.74. The van der Waals surface area contributed by atoms with Gasteiger partial charge < -0.3 is 5.11 Å². The zero-order valence-corrected chi connectivity index (χ0v) is 12.7. The minimum absolute atomic E-state index is 0.468. The third kappa shape index (κ3) is 3.73. The molecule has 1 aromatic heterocycles. The molecule has 2 aromatic rings. The Hall–Kier alpha value is -0.0000000000000000278. The van der Waals surface area contributed by atoms with E-state index in [1.807, 2.05) is 36.4 Å². The Morgan fingerprint density at radius 1 is 1.29 bits per heavy atom. The number of thiophene rings is 1. The van der Waals surface area contributed by atoms with Crippen molar-refractivity contribution in [3.8, 4) is 0 Å². The van der Waals surface area contributed by atoms with E-state index in [0.717, 1.165) is 14.2 Å². The van der Waals surface area contributed by atoms with Crippen LogP contribution in [-0.2, 0) is 0 Å². The van der Waals surface area contributed by atoms with Crippen molar-refractivity contribution in [1.82, 2.24) is 0 Å². The Morgan fingerprint density at radius 2 is 2.06 bits per heavy atom. The van der Waals surface area contributed by atoms with Gasteiger partial charge in [0.1, 0.15) is 0 Å². The smallest absolute Gasteiger partial charge is 0.0976 e. The Morgan fingerprint density at radius 3 is 2.71 bits per heavy atom. The standard InChI is InChI=1S/C12H10BrClOS2/c13-8-3-1-2-4-10(8)16-7-9(15)11-5-6-12(14)17-11/h1-6,9,15H,7H2. The lowest BCUT2D eigenvalue weighted by Gasteiger charge is -2.08. The van der Waals surface area contributed by atoms with Crippen LogP contribution in [0.25, 0.3) is 0 Å². The Balaban J connectivity index is 1.97. The molecular weight excluding hydrogens is 340 g/mol. The lowest BCUT2D eigenvalue weighted by Crippen LogP contribution is -1.97. The van der Waals surface area contributed by atoms with Crippen molar-refractivity contribution >= 4 is 50.6 Å². The maximum absolute atomic E-state index is 10.0. The summed E-state index contributed by atoms with van der Waals surface area (Å²) in [4.78, 5) is 2.05. The van der Waals surface area contributed by atoms with E-state index in [1.54, 1.807) is 11.8 Å². The van der Waals surface area contributed by atoms with Crippen LogP contribution in [0.4, 0.5) is 0 Å². The molecule has 0 radical (unpaired) electrons. The number of rotatable bonds is 4. The average molecular weight is 350 g/mol. The predicted octanol–water partition coefficient (Wildman–Crippen LogP) is 4.99. The molecule has 0 aliphatic carbocycles. The first-order valence-corrected chi connectivity index (χ1v) is 7.95. The third-order valence-corrected chi connectivity index (χ3v) is 5.59. The molecule has 90 valence electrons. The SMILES string of the molecule is OC(CSc1ccccc1Br)c1ccc(Cl)s1. The van der Waals surface area contributed by atoms with E-state index < -0.39 is 6.10 Å². The van der Waals surface area contributed by atoms with E-state index >= 15 is 0 Å². The van der Waals surface area contributed by atoms with Gasteiger partial charge in [-0.15, -0.1) is 23.1 Å². The molecule has 17 heavy (non-hydrogen) atoms. The van der Waals surface area contributed by atoms with Crippen LogP contribution < -0.4 is 0 Å². The summed E-state index contributed by atoms with van der Waals surface area (Å²) >= 11 is 12.4. The predicted molar refractivity (Wildman–Crippen MR) is 79.2 cm³/mol. The Labute approximate surface area is 122 Å². The number of benzene rings is 1. The quantitative estimate of drug-likeness (QED) is 0.785. The normalized spacial score (nSPS) is 12.6. The van der Waals surface area contributed by atoms with Crippen LogP contribution in [0.3, 0.4) is 0 Å². The Bertz CT molecular complexity index is 501. The first-order valence-electron chi connectivity index (χ1n) is 4.97. The van der Waals surface area contributed by atoms with Gasteiger partial charge in [0.05, 0.1) is 10.4 Å². The van der Waals surface area contributed by atoms with Crippen molar-refractivity contribution in [2.24, 2.45) is 0 Å². The molecule has 0 aliphatic heterocycles. The fourth-order valence-electron chi connectivity index (χ4n) is 1.32. The van der Waals surface area contributed by atoms with Crippen molar-refractivity contribution < 1.29 is 5.11 Å². The third-order valence-electron chi connectivity index (χ3n) is 2.16. The van der Waals surface area contributed by atoms with Crippen LogP contribution in [0.2, 0.25) is 4.34 Å². The second-order valence-electron chi connectivity index (χ2n) is 3.40. The van der Waals surface area contributed by atoms with Gasteiger partial charge in [-0.2, -0.15) is 0 Å². The minimum Gasteiger partial charge on any atom is -0.387 e. The number of hydrogen-bond acceptors (Lipinski definition) is 3. The maximum Gasteiger partial charge on any atom is 0.0976 e. The van der Waals surface area contributed by atoms with Gasteiger partial charge in [-0.05, 0) is 40.2 Å². The summed E-state index contributed by atoms with van der Waals surface area (Å²) in [5.74, 6) is 0.624. The van der Waals surface area contributed by atoms with Gasteiger partial charge in [0.2, 0.25) is 0 Å². The van der Waals surface area contributed by atoms with Crippen LogP contribution in [-0.4, -0.2) is 10.9 Å². The van der Waals surface area contributed by atoms with Crippen molar-refractivity contribution in [2.45, 2.75) is 11.0 Å². The lowest BCUT2D eigenvalue weighted by atomic mass is 10.3. The monoisotopic (exact) mass is 348 g/mol. The number of halogens is 2. The van der Waals surface area contributed by atoms with Crippen LogP contribution in [0.1, 0.15) is 11.0 Å². The van der Waals surface area contributed by atoms with E-state index in [4.69, 9.17) is 11.6 Å². The van der Waals surface area contributed by atoms with Crippen LogP contribution in [0.15, 0.2) is 45.8 Å². The van der Waals surface area contributed by atoms with Gasteiger partial charge in [-0.3, -0.25) is 0 Å². The topological polar surface area (TPSA) is 20.2 Å². The molecule has 0 saturated heterocycles. The molecule has 0 spiro atoms.